The minimum atomic E-state index is -0.820. The van der Waals surface area contributed by atoms with E-state index in [9.17, 15) is 14.4 Å². The number of urea groups is 1. The number of nitrogens with zero attached hydrogens (tertiary/aromatic N) is 3. The van der Waals surface area contributed by atoms with E-state index in [4.69, 9.17) is 5.26 Å². The molecule has 8 heteroatoms. The van der Waals surface area contributed by atoms with Crippen LogP contribution in [0.5, 0.6) is 0 Å². The van der Waals surface area contributed by atoms with Gasteiger partial charge in [-0.1, -0.05) is 31.9 Å². The molecule has 0 bridgehead atoms. The summed E-state index contributed by atoms with van der Waals surface area (Å²) in [6, 6.07) is 9.29. The standard InChI is InChI=1S/C23H29N5O3/c1-17-4-2-3-9-23(17)21(30)28(22(31)25-23)16-20(29)27-12-10-26(11-13-27)15-19-7-5-18(14-24)6-8-19/h5-8,17H,2-4,9-13,15-16H2,1H3,(H,25,31)/p+1/t17-,23+/m0/s1. The average Bonchev–Trinajstić information content (AvgIpc) is 3.01. The maximum Gasteiger partial charge on any atom is 0.325 e. The second-order valence-corrected chi connectivity index (χ2v) is 9.06. The van der Waals surface area contributed by atoms with Gasteiger partial charge in [-0.05, 0) is 30.9 Å². The van der Waals surface area contributed by atoms with E-state index in [0.29, 0.717) is 25.1 Å². The lowest BCUT2D eigenvalue weighted by molar-refractivity contribution is -0.917. The van der Waals surface area contributed by atoms with E-state index in [1.807, 2.05) is 31.2 Å². The third kappa shape index (κ3) is 4.15. The summed E-state index contributed by atoms with van der Waals surface area (Å²) in [5.74, 6) is -0.309. The topological polar surface area (TPSA) is 97.9 Å². The van der Waals surface area contributed by atoms with Crippen LogP contribution < -0.4 is 10.2 Å². The lowest BCUT2D eigenvalue weighted by atomic mass is 9.73. The van der Waals surface area contributed by atoms with Crippen LogP contribution in [0.15, 0.2) is 24.3 Å². The summed E-state index contributed by atoms with van der Waals surface area (Å²) in [7, 11) is 0. The molecule has 2 saturated heterocycles. The number of nitriles is 1. The number of nitrogens with one attached hydrogen (secondary N) is 2. The molecule has 1 aliphatic carbocycles. The number of carbonyl (C=O) groups is 3. The minimum absolute atomic E-state index is 0.0900. The predicted molar refractivity (Wildman–Crippen MR) is 113 cm³/mol. The van der Waals surface area contributed by atoms with Crippen molar-refractivity contribution in [2.75, 3.05) is 32.7 Å². The Morgan fingerprint density at radius 3 is 2.58 bits per heavy atom. The van der Waals surface area contributed by atoms with Gasteiger partial charge in [0.2, 0.25) is 5.91 Å². The van der Waals surface area contributed by atoms with Crippen molar-refractivity contribution >= 4 is 17.8 Å². The molecule has 0 radical (unpaired) electrons. The zero-order valence-corrected chi connectivity index (χ0v) is 18.0. The molecule has 4 rings (SSSR count). The maximum absolute atomic E-state index is 13.1. The van der Waals surface area contributed by atoms with Gasteiger partial charge in [0.25, 0.3) is 5.91 Å². The third-order valence-electron chi connectivity index (χ3n) is 7.16. The molecule has 1 saturated carbocycles. The van der Waals surface area contributed by atoms with Crippen LogP contribution in [0.2, 0.25) is 0 Å². The Balaban J connectivity index is 1.30. The molecule has 0 unspecified atom stereocenters. The second-order valence-electron chi connectivity index (χ2n) is 9.06. The number of piperazine rings is 1. The number of hydrogen-bond donors (Lipinski definition) is 2. The van der Waals surface area contributed by atoms with E-state index in [-0.39, 0.29) is 24.3 Å². The van der Waals surface area contributed by atoms with Crippen molar-refractivity contribution in [1.82, 2.24) is 15.1 Å². The van der Waals surface area contributed by atoms with Crippen LogP contribution in [-0.2, 0) is 16.1 Å². The van der Waals surface area contributed by atoms with Gasteiger partial charge in [-0.3, -0.25) is 14.5 Å². The fourth-order valence-electron chi connectivity index (χ4n) is 5.11. The van der Waals surface area contributed by atoms with Gasteiger partial charge in [0.05, 0.1) is 37.8 Å². The Morgan fingerprint density at radius 2 is 1.94 bits per heavy atom. The molecule has 1 aromatic rings. The summed E-state index contributed by atoms with van der Waals surface area (Å²) < 4.78 is 0. The summed E-state index contributed by atoms with van der Waals surface area (Å²) in [6.45, 7) is 5.52. The molecule has 3 aliphatic rings. The van der Waals surface area contributed by atoms with Gasteiger partial charge < -0.3 is 15.1 Å². The number of amides is 4. The van der Waals surface area contributed by atoms with Crippen molar-refractivity contribution in [3.63, 3.8) is 0 Å². The number of imide groups is 1. The zero-order chi connectivity index (χ0) is 22.0. The Labute approximate surface area is 182 Å². The van der Waals surface area contributed by atoms with Crippen LogP contribution in [0.4, 0.5) is 4.79 Å². The summed E-state index contributed by atoms with van der Waals surface area (Å²) in [5.41, 5.74) is 0.999. The first-order chi connectivity index (χ1) is 14.9. The predicted octanol–water partition coefficient (Wildman–Crippen LogP) is 0.286. The summed E-state index contributed by atoms with van der Waals surface area (Å²) in [5, 5.41) is 11.8. The highest BCUT2D eigenvalue weighted by molar-refractivity contribution is 6.09. The molecule has 4 amide bonds. The average molecular weight is 425 g/mol. The molecule has 164 valence electrons. The third-order valence-corrected chi connectivity index (χ3v) is 7.16. The van der Waals surface area contributed by atoms with Gasteiger partial charge >= 0.3 is 6.03 Å². The van der Waals surface area contributed by atoms with Gasteiger partial charge in [0, 0.05) is 5.56 Å². The van der Waals surface area contributed by atoms with Crippen molar-refractivity contribution in [3.8, 4) is 6.07 Å². The van der Waals surface area contributed by atoms with E-state index in [0.717, 1.165) is 43.8 Å². The molecule has 2 heterocycles. The van der Waals surface area contributed by atoms with Crippen molar-refractivity contribution in [2.45, 2.75) is 44.7 Å². The number of hydrogen-bond acceptors (Lipinski definition) is 4. The first-order valence-electron chi connectivity index (χ1n) is 11.2. The van der Waals surface area contributed by atoms with Gasteiger partial charge in [0.15, 0.2) is 0 Å². The molecule has 2 N–H and O–H groups in total. The van der Waals surface area contributed by atoms with Crippen LogP contribution >= 0.6 is 0 Å². The number of rotatable bonds is 4. The quantitative estimate of drug-likeness (QED) is 0.679. The lowest BCUT2D eigenvalue weighted by Crippen LogP contribution is -3.13. The molecular weight excluding hydrogens is 394 g/mol. The zero-order valence-electron chi connectivity index (χ0n) is 18.0. The highest BCUT2D eigenvalue weighted by Crippen LogP contribution is 2.38. The number of quaternary nitrogens is 1. The Hall–Kier alpha value is -2.92. The lowest BCUT2D eigenvalue weighted by Gasteiger charge is -2.37. The normalized spacial score (nSPS) is 26.8. The molecule has 2 atom stereocenters. The molecule has 3 fully saturated rings. The summed E-state index contributed by atoms with van der Waals surface area (Å²) in [4.78, 5) is 42.7. The molecule has 8 nitrogen and oxygen atoms in total. The highest BCUT2D eigenvalue weighted by atomic mass is 16.2. The fraction of sp³-hybridized carbons (Fsp3) is 0.565. The van der Waals surface area contributed by atoms with Gasteiger partial charge in [-0.15, -0.1) is 0 Å². The van der Waals surface area contributed by atoms with Crippen molar-refractivity contribution in [1.29, 1.82) is 5.26 Å². The van der Waals surface area contributed by atoms with Crippen LogP contribution in [0.1, 0.15) is 43.7 Å². The molecule has 0 aromatic heterocycles. The van der Waals surface area contributed by atoms with E-state index in [2.05, 4.69) is 11.4 Å². The monoisotopic (exact) mass is 424 g/mol. The summed E-state index contributed by atoms with van der Waals surface area (Å²) in [6.07, 6.45) is 3.56. The van der Waals surface area contributed by atoms with E-state index >= 15 is 0 Å². The molecular formula is C23H30N5O3+. The van der Waals surface area contributed by atoms with Crippen LogP contribution in [0, 0.1) is 17.2 Å². The second kappa shape index (κ2) is 8.67. The SMILES string of the molecule is C[C@H]1CCCC[C@@]12NC(=O)N(CC(=O)N1CC[NH+](Cc3ccc(C#N)cc3)CC1)C2=O. The van der Waals surface area contributed by atoms with Gasteiger partial charge in [-0.2, -0.15) is 5.26 Å². The Bertz CT molecular complexity index is 901. The fourth-order valence-corrected chi connectivity index (χ4v) is 5.11. The Kier molecular flexibility index (Phi) is 5.96. The van der Waals surface area contributed by atoms with E-state index in [1.54, 1.807) is 4.90 Å². The Morgan fingerprint density at radius 1 is 1.23 bits per heavy atom. The molecule has 1 aromatic carbocycles. The smallest absolute Gasteiger partial charge is 0.325 e. The van der Waals surface area contributed by atoms with E-state index < -0.39 is 11.6 Å². The first-order valence-corrected chi connectivity index (χ1v) is 11.2. The number of carbonyl (C=O) groups excluding carboxylic acids is 3. The van der Waals surface area contributed by atoms with Gasteiger partial charge in [0.1, 0.15) is 18.6 Å². The van der Waals surface area contributed by atoms with Crippen molar-refractivity contribution in [3.05, 3.63) is 35.4 Å². The first kappa shape index (κ1) is 21.3. The van der Waals surface area contributed by atoms with Crippen molar-refractivity contribution in [2.24, 2.45) is 5.92 Å². The van der Waals surface area contributed by atoms with E-state index in [1.165, 1.54) is 10.5 Å². The largest absolute Gasteiger partial charge is 0.330 e. The number of benzene rings is 1. The maximum atomic E-state index is 13.1. The van der Waals surface area contributed by atoms with Crippen LogP contribution in [0.3, 0.4) is 0 Å². The molecule has 31 heavy (non-hydrogen) atoms. The highest BCUT2D eigenvalue weighted by Gasteiger charge is 2.55. The van der Waals surface area contributed by atoms with Crippen molar-refractivity contribution < 1.29 is 19.3 Å². The van der Waals surface area contributed by atoms with Gasteiger partial charge in [-0.25, -0.2) is 4.79 Å². The van der Waals surface area contributed by atoms with Crippen LogP contribution in [0.25, 0.3) is 0 Å². The molecule has 2 aliphatic heterocycles. The minimum Gasteiger partial charge on any atom is -0.330 e. The molecule has 1 spiro atoms. The summed E-state index contributed by atoms with van der Waals surface area (Å²) >= 11 is 0. The van der Waals surface area contributed by atoms with Crippen LogP contribution in [-0.4, -0.2) is 65.9 Å².